The maximum absolute atomic E-state index is 14.2. The minimum absolute atomic E-state index is 0.00684. The fraction of sp³-hybridized carbons (Fsp3) is 0.222. The molecule has 3 atom stereocenters. The molecule has 6 aromatic rings. The van der Waals surface area contributed by atoms with Crippen molar-refractivity contribution in [3.63, 3.8) is 0 Å². The third-order valence-corrected chi connectivity index (χ3v) is 9.87. The van der Waals surface area contributed by atoms with E-state index in [2.05, 4.69) is 0 Å². The molecule has 0 amide bonds. The van der Waals surface area contributed by atoms with Gasteiger partial charge >= 0.3 is 0 Å². The molecule has 4 aromatic carbocycles. The van der Waals surface area contributed by atoms with E-state index >= 15 is 0 Å². The Morgan fingerprint density at radius 3 is 1.89 bits per heavy atom. The van der Waals surface area contributed by atoms with Gasteiger partial charge in [-0.3, -0.25) is 9.59 Å². The normalized spacial score (nSPS) is 20.3. The van der Waals surface area contributed by atoms with Crippen molar-refractivity contribution >= 4 is 43.9 Å². The Hall–Kier alpha value is -5.64. The minimum atomic E-state index is -0.879. The summed E-state index contributed by atoms with van der Waals surface area (Å²) < 4.78 is 11.9. The summed E-state index contributed by atoms with van der Waals surface area (Å²) in [6.07, 6.45) is 2.66. The van der Waals surface area contributed by atoms with Crippen molar-refractivity contribution in [3.8, 4) is 34.5 Å². The van der Waals surface area contributed by atoms with Gasteiger partial charge in [-0.1, -0.05) is 25.5 Å². The van der Waals surface area contributed by atoms with Crippen molar-refractivity contribution in [3.05, 3.63) is 91.3 Å². The van der Waals surface area contributed by atoms with Crippen molar-refractivity contribution < 1.29 is 39.5 Å². The highest BCUT2D eigenvalue weighted by molar-refractivity contribution is 6.00. The molecule has 2 aromatic heterocycles. The van der Waals surface area contributed by atoms with Gasteiger partial charge in [0.1, 0.15) is 22.7 Å². The first-order valence-electron chi connectivity index (χ1n) is 14.8. The van der Waals surface area contributed by atoms with Gasteiger partial charge in [0.05, 0.1) is 21.5 Å². The molecule has 232 valence electrons. The summed E-state index contributed by atoms with van der Waals surface area (Å²) >= 11 is 0. The minimum Gasteiger partial charge on any atom is -0.508 e. The molecule has 0 fully saturated rings. The Morgan fingerprint density at radius 2 is 1.28 bits per heavy atom. The van der Waals surface area contributed by atoms with E-state index in [1.165, 1.54) is 42.5 Å². The van der Waals surface area contributed by atoms with Crippen molar-refractivity contribution in [2.75, 3.05) is 0 Å². The molecular formula is C36H28O10. The molecule has 8 rings (SSSR count). The fourth-order valence-electron chi connectivity index (χ4n) is 8.25. The van der Waals surface area contributed by atoms with Crippen molar-refractivity contribution in [2.45, 2.75) is 39.0 Å². The molecule has 0 saturated heterocycles. The lowest BCUT2D eigenvalue weighted by Gasteiger charge is -2.43. The molecule has 0 bridgehead atoms. The van der Waals surface area contributed by atoms with Crippen LogP contribution in [0.4, 0.5) is 0 Å². The largest absolute Gasteiger partial charge is 0.508 e. The summed E-state index contributed by atoms with van der Waals surface area (Å²) in [7, 11) is 0. The number of rotatable bonds is 1. The number of allylic oxidation sites excluding steroid dienone is 2. The number of fused-ring (bicyclic) bond motifs is 8. The number of phenols is 6. The van der Waals surface area contributed by atoms with Crippen molar-refractivity contribution in [1.29, 1.82) is 0 Å². The lowest BCUT2D eigenvalue weighted by atomic mass is 9.61. The number of hydrogen-bond acceptors (Lipinski definition) is 10. The number of phenolic OH excluding ortho intramolecular Hbond substituents is 6. The summed E-state index contributed by atoms with van der Waals surface area (Å²) in [6.45, 7) is 6.07. The van der Waals surface area contributed by atoms with Crippen LogP contribution in [-0.2, 0) is 0 Å². The van der Waals surface area contributed by atoms with Gasteiger partial charge in [0, 0.05) is 29.5 Å². The smallest absolute Gasteiger partial charge is 0.202 e. The topological polar surface area (TPSA) is 182 Å². The Labute approximate surface area is 259 Å². The summed E-state index contributed by atoms with van der Waals surface area (Å²) in [5.41, 5.74) is -0.158. The van der Waals surface area contributed by atoms with Gasteiger partial charge in [0.2, 0.25) is 22.4 Å². The average Bonchev–Trinajstić information content (AvgIpc) is 3.32. The highest BCUT2D eigenvalue weighted by Crippen LogP contribution is 2.66. The molecule has 46 heavy (non-hydrogen) atoms. The zero-order valence-electron chi connectivity index (χ0n) is 24.9. The van der Waals surface area contributed by atoms with Gasteiger partial charge < -0.3 is 39.5 Å². The molecule has 0 saturated carbocycles. The zero-order chi connectivity index (χ0) is 32.6. The second-order valence-corrected chi connectivity index (χ2v) is 13.2. The maximum atomic E-state index is 14.2. The molecule has 6 N–H and O–H groups in total. The summed E-state index contributed by atoms with van der Waals surface area (Å²) in [5.74, 6) is -4.59. The number of hydrogen-bond donors (Lipinski definition) is 6. The van der Waals surface area contributed by atoms with Crippen LogP contribution in [0.2, 0.25) is 0 Å². The first kappa shape index (κ1) is 27.9. The first-order valence-corrected chi connectivity index (χ1v) is 14.8. The van der Waals surface area contributed by atoms with E-state index in [9.17, 15) is 40.2 Å². The molecule has 0 aliphatic heterocycles. The lowest BCUT2D eigenvalue weighted by molar-refractivity contribution is 0.173. The average molecular weight is 621 g/mol. The molecular weight excluding hydrogens is 592 g/mol. The van der Waals surface area contributed by atoms with Crippen LogP contribution in [0.25, 0.3) is 43.9 Å². The predicted molar refractivity (Wildman–Crippen MR) is 170 cm³/mol. The Kier molecular flexibility index (Phi) is 5.44. The molecule has 2 aliphatic carbocycles. The van der Waals surface area contributed by atoms with Crippen LogP contribution in [0.3, 0.4) is 0 Å². The van der Waals surface area contributed by atoms with Gasteiger partial charge in [0.15, 0.2) is 22.7 Å². The van der Waals surface area contributed by atoms with E-state index in [0.29, 0.717) is 12.0 Å². The van der Waals surface area contributed by atoms with Crippen LogP contribution < -0.4 is 10.9 Å². The zero-order valence-corrected chi connectivity index (χ0v) is 24.9. The Bertz CT molecular complexity index is 2520. The van der Waals surface area contributed by atoms with E-state index in [-0.39, 0.29) is 66.5 Å². The fourth-order valence-corrected chi connectivity index (χ4v) is 8.25. The highest BCUT2D eigenvalue weighted by atomic mass is 16.4. The third-order valence-electron chi connectivity index (χ3n) is 9.87. The molecule has 0 spiro atoms. The van der Waals surface area contributed by atoms with Gasteiger partial charge in [-0.25, -0.2) is 0 Å². The quantitative estimate of drug-likeness (QED) is 0.0660. The Morgan fingerprint density at radius 1 is 0.717 bits per heavy atom. The third kappa shape index (κ3) is 3.52. The second kappa shape index (κ2) is 8.97. The molecule has 0 unspecified atom stereocenters. The van der Waals surface area contributed by atoms with Gasteiger partial charge in [0.25, 0.3) is 0 Å². The Balaban J connectivity index is 1.57. The van der Waals surface area contributed by atoms with Gasteiger partial charge in [-0.15, -0.1) is 0 Å². The lowest BCUT2D eigenvalue weighted by Crippen LogP contribution is -2.33. The van der Waals surface area contributed by atoms with Gasteiger partial charge in [-0.2, -0.15) is 0 Å². The summed E-state index contributed by atoms with van der Waals surface area (Å²) in [6, 6.07) is 9.29. The molecule has 2 heterocycles. The van der Waals surface area contributed by atoms with Crippen LogP contribution in [0.1, 0.15) is 55.7 Å². The first-order chi connectivity index (χ1) is 21.8. The summed E-state index contributed by atoms with van der Waals surface area (Å²) in [4.78, 5) is 28.4. The maximum Gasteiger partial charge on any atom is 0.202 e. The van der Waals surface area contributed by atoms with Crippen molar-refractivity contribution in [1.82, 2.24) is 0 Å². The summed E-state index contributed by atoms with van der Waals surface area (Å²) in [5, 5.41) is 65.5. The standard InChI is InChI=1S/C36H28O10/c1-13-8-19-23-26(32(43)33(44)35-27(23)30(41)17-7-5-15(38)10-22(17)46-35)24(28(19)36(2,3)12-13)18-11-20(39)31(42)34-25(18)29(40)16-6-4-14(37)9-21(16)45-34/h4-11,19,24,28,37-39,42-44H,12H2,1-3H3/t19-,24-,28-/m0/s1. The van der Waals surface area contributed by atoms with Crippen LogP contribution in [0, 0.1) is 11.3 Å². The van der Waals surface area contributed by atoms with E-state index in [1.54, 1.807) is 0 Å². The van der Waals surface area contributed by atoms with E-state index in [1.807, 2.05) is 26.8 Å². The monoisotopic (exact) mass is 620 g/mol. The molecule has 2 aliphatic rings. The van der Waals surface area contributed by atoms with Crippen LogP contribution >= 0.6 is 0 Å². The number of aromatic hydroxyl groups is 6. The van der Waals surface area contributed by atoms with Crippen molar-refractivity contribution in [2.24, 2.45) is 11.3 Å². The van der Waals surface area contributed by atoms with Crippen LogP contribution in [0.15, 0.2) is 72.5 Å². The molecule has 0 radical (unpaired) electrons. The van der Waals surface area contributed by atoms with E-state index in [4.69, 9.17) is 8.83 Å². The second-order valence-electron chi connectivity index (χ2n) is 13.2. The highest BCUT2D eigenvalue weighted by Gasteiger charge is 2.53. The molecule has 10 nitrogen and oxygen atoms in total. The van der Waals surface area contributed by atoms with Gasteiger partial charge in [-0.05, 0) is 66.1 Å². The SMILES string of the molecule is CC1=C[C@H]2c3c(c(O)c(O)c4oc5cc(O)ccc5c(=O)c34)[C@H](c3cc(O)c(O)c4oc5cc(O)ccc5c(=O)c34)[C@H]2C(C)(C)C1. The molecule has 10 heteroatoms. The van der Waals surface area contributed by atoms with E-state index < -0.39 is 57.0 Å². The number of benzene rings is 4. The predicted octanol–water partition coefficient (Wildman–Crippen LogP) is 6.66. The van der Waals surface area contributed by atoms with Crippen LogP contribution in [-0.4, -0.2) is 30.6 Å². The van der Waals surface area contributed by atoms with Crippen LogP contribution in [0.5, 0.6) is 34.5 Å². The van der Waals surface area contributed by atoms with E-state index in [0.717, 1.165) is 5.57 Å².